The van der Waals surface area contributed by atoms with Gasteiger partial charge in [0.15, 0.2) is 9.84 Å². The van der Waals surface area contributed by atoms with Gasteiger partial charge >= 0.3 is 0 Å². The third-order valence-electron chi connectivity index (χ3n) is 3.00. The van der Waals surface area contributed by atoms with Gasteiger partial charge in [0.2, 0.25) is 0 Å². The lowest BCUT2D eigenvalue weighted by Gasteiger charge is -2.17. The molecule has 1 aromatic rings. The van der Waals surface area contributed by atoms with Crippen LogP contribution in [0.3, 0.4) is 0 Å². The molecule has 2 rings (SSSR count). The molecule has 0 radical (unpaired) electrons. The SMILES string of the molecule is O=S1(=O)CCC(C(O)c2ccc(Br)c(Br)c2)C1. The fraction of sp³-hybridized carbons (Fsp3) is 0.455. The predicted molar refractivity (Wildman–Crippen MR) is 73.6 cm³/mol. The first kappa shape index (κ1) is 13.5. The molecular formula is C11H12Br2O3S. The van der Waals surface area contributed by atoms with Crippen molar-refractivity contribution in [2.24, 2.45) is 5.92 Å². The average Bonchev–Trinajstić information content (AvgIpc) is 2.62. The summed E-state index contributed by atoms with van der Waals surface area (Å²) in [4.78, 5) is 0. The molecule has 0 aliphatic carbocycles. The van der Waals surface area contributed by atoms with E-state index in [1.807, 2.05) is 18.2 Å². The number of hydrogen-bond donors (Lipinski definition) is 1. The molecule has 3 nitrogen and oxygen atoms in total. The van der Waals surface area contributed by atoms with E-state index in [0.29, 0.717) is 6.42 Å². The summed E-state index contributed by atoms with van der Waals surface area (Å²) >= 11 is 6.72. The number of sulfone groups is 1. The molecule has 1 aliphatic rings. The van der Waals surface area contributed by atoms with Crippen molar-refractivity contribution in [1.29, 1.82) is 0 Å². The highest BCUT2D eigenvalue weighted by Gasteiger charge is 2.33. The van der Waals surface area contributed by atoms with Crippen molar-refractivity contribution in [3.05, 3.63) is 32.7 Å². The summed E-state index contributed by atoms with van der Waals surface area (Å²) in [7, 11) is -2.95. The van der Waals surface area contributed by atoms with Gasteiger partial charge in [-0.3, -0.25) is 0 Å². The Hall–Kier alpha value is 0.0900. The third-order valence-corrected chi connectivity index (χ3v) is 6.67. The number of halogens is 2. The molecule has 1 fully saturated rings. The summed E-state index contributed by atoms with van der Waals surface area (Å²) in [6.07, 6.45) is -0.173. The van der Waals surface area contributed by atoms with Crippen LogP contribution < -0.4 is 0 Å². The van der Waals surface area contributed by atoms with Crippen molar-refractivity contribution in [2.45, 2.75) is 12.5 Å². The zero-order valence-corrected chi connectivity index (χ0v) is 12.9. The monoisotopic (exact) mass is 382 g/mol. The van der Waals surface area contributed by atoms with E-state index in [4.69, 9.17) is 0 Å². The molecule has 0 bridgehead atoms. The highest BCUT2D eigenvalue weighted by atomic mass is 79.9. The minimum Gasteiger partial charge on any atom is -0.388 e. The van der Waals surface area contributed by atoms with Crippen LogP contribution in [0.2, 0.25) is 0 Å². The first-order valence-corrected chi connectivity index (χ1v) is 8.63. The van der Waals surface area contributed by atoms with E-state index in [2.05, 4.69) is 31.9 Å². The van der Waals surface area contributed by atoms with Crippen molar-refractivity contribution in [2.75, 3.05) is 11.5 Å². The van der Waals surface area contributed by atoms with Crippen LogP contribution >= 0.6 is 31.9 Å². The second-order valence-corrected chi connectivity index (χ2v) is 8.22. The van der Waals surface area contributed by atoms with Gasteiger partial charge in [-0.05, 0) is 56.0 Å². The molecule has 0 spiro atoms. The Morgan fingerprint density at radius 3 is 2.53 bits per heavy atom. The standard InChI is InChI=1S/C11H12Br2O3S/c12-9-2-1-7(5-10(9)13)11(14)8-3-4-17(15,16)6-8/h1-2,5,8,11,14H,3-4,6H2. The Balaban J connectivity index is 2.20. The number of benzene rings is 1. The van der Waals surface area contributed by atoms with Crippen molar-refractivity contribution in [3.8, 4) is 0 Å². The summed E-state index contributed by atoms with van der Waals surface area (Å²) in [5.41, 5.74) is 0.752. The maximum absolute atomic E-state index is 11.4. The number of aliphatic hydroxyl groups is 1. The lowest BCUT2D eigenvalue weighted by Crippen LogP contribution is -2.14. The van der Waals surface area contributed by atoms with Gasteiger partial charge in [0.25, 0.3) is 0 Å². The predicted octanol–water partition coefficient (Wildman–Crippen LogP) is 2.68. The van der Waals surface area contributed by atoms with Crippen molar-refractivity contribution >= 4 is 41.7 Å². The third kappa shape index (κ3) is 3.10. The maximum Gasteiger partial charge on any atom is 0.150 e. The highest BCUT2D eigenvalue weighted by Crippen LogP contribution is 2.34. The zero-order chi connectivity index (χ0) is 12.6. The zero-order valence-electron chi connectivity index (χ0n) is 8.94. The molecule has 1 aliphatic heterocycles. The molecule has 0 aromatic heterocycles. The van der Waals surface area contributed by atoms with Crippen LogP contribution in [-0.2, 0) is 9.84 Å². The Morgan fingerprint density at radius 1 is 1.29 bits per heavy atom. The van der Waals surface area contributed by atoms with E-state index in [9.17, 15) is 13.5 Å². The van der Waals surface area contributed by atoms with E-state index < -0.39 is 15.9 Å². The molecule has 94 valence electrons. The minimum atomic E-state index is -2.95. The summed E-state index contributed by atoms with van der Waals surface area (Å²) in [6.45, 7) is 0. The number of aliphatic hydroxyl groups excluding tert-OH is 1. The second-order valence-electron chi connectivity index (χ2n) is 4.28. The topological polar surface area (TPSA) is 54.4 Å². The van der Waals surface area contributed by atoms with Gasteiger partial charge in [-0.1, -0.05) is 6.07 Å². The molecule has 6 heteroatoms. The second kappa shape index (κ2) is 4.99. The van der Waals surface area contributed by atoms with Crippen molar-refractivity contribution in [1.82, 2.24) is 0 Å². The minimum absolute atomic E-state index is 0.0852. The van der Waals surface area contributed by atoms with E-state index in [0.717, 1.165) is 14.5 Å². The van der Waals surface area contributed by atoms with Crippen LogP contribution in [0.4, 0.5) is 0 Å². The van der Waals surface area contributed by atoms with Crippen molar-refractivity contribution < 1.29 is 13.5 Å². The molecule has 0 saturated carbocycles. The van der Waals surface area contributed by atoms with E-state index in [1.54, 1.807) is 0 Å². The Morgan fingerprint density at radius 2 is 2.00 bits per heavy atom. The molecule has 0 amide bonds. The highest BCUT2D eigenvalue weighted by molar-refractivity contribution is 9.13. The molecule has 1 saturated heterocycles. The van der Waals surface area contributed by atoms with Gasteiger partial charge in [-0.15, -0.1) is 0 Å². The van der Waals surface area contributed by atoms with Crippen LogP contribution in [0.25, 0.3) is 0 Å². The van der Waals surface area contributed by atoms with Crippen LogP contribution in [0.15, 0.2) is 27.1 Å². The van der Waals surface area contributed by atoms with Gasteiger partial charge in [0.1, 0.15) is 0 Å². The van der Waals surface area contributed by atoms with Crippen LogP contribution in [0, 0.1) is 5.92 Å². The molecule has 2 unspecified atom stereocenters. The largest absolute Gasteiger partial charge is 0.388 e. The molecule has 17 heavy (non-hydrogen) atoms. The van der Waals surface area contributed by atoms with Crippen LogP contribution in [0.5, 0.6) is 0 Å². The molecule has 1 heterocycles. The first-order chi connectivity index (χ1) is 7.89. The number of hydrogen-bond acceptors (Lipinski definition) is 3. The maximum atomic E-state index is 11.4. The summed E-state index contributed by atoms with van der Waals surface area (Å²) in [5, 5.41) is 10.2. The average molecular weight is 384 g/mol. The lowest BCUT2D eigenvalue weighted by molar-refractivity contribution is 0.121. The lowest BCUT2D eigenvalue weighted by atomic mass is 9.95. The fourth-order valence-electron chi connectivity index (χ4n) is 2.04. The summed E-state index contributed by atoms with van der Waals surface area (Å²) in [5.74, 6) is 0.0851. The van der Waals surface area contributed by atoms with Crippen LogP contribution in [-0.4, -0.2) is 25.0 Å². The molecular weight excluding hydrogens is 372 g/mol. The summed E-state index contributed by atoms with van der Waals surface area (Å²) in [6, 6.07) is 5.47. The van der Waals surface area contributed by atoms with Gasteiger partial charge in [0.05, 0.1) is 17.6 Å². The van der Waals surface area contributed by atoms with E-state index in [1.165, 1.54) is 0 Å². The number of rotatable bonds is 2. The van der Waals surface area contributed by atoms with E-state index in [-0.39, 0.29) is 17.4 Å². The Kier molecular flexibility index (Phi) is 3.97. The molecule has 1 N–H and O–H groups in total. The smallest absolute Gasteiger partial charge is 0.150 e. The Bertz CT molecular complexity index is 528. The van der Waals surface area contributed by atoms with Gasteiger partial charge in [-0.25, -0.2) is 8.42 Å². The van der Waals surface area contributed by atoms with Crippen molar-refractivity contribution in [3.63, 3.8) is 0 Å². The Labute approximate surface area is 117 Å². The quantitative estimate of drug-likeness (QED) is 0.854. The summed E-state index contributed by atoms with van der Waals surface area (Å²) < 4.78 is 24.5. The first-order valence-electron chi connectivity index (χ1n) is 5.22. The molecule has 1 aromatic carbocycles. The van der Waals surface area contributed by atoms with Crippen LogP contribution in [0.1, 0.15) is 18.1 Å². The molecule has 2 atom stereocenters. The van der Waals surface area contributed by atoms with Gasteiger partial charge in [0, 0.05) is 14.9 Å². The normalized spacial score (nSPS) is 24.8. The van der Waals surface area contributed by atoms with Gasteiger partial charge in [-0.2, -0.15) is 0 Å². The van der Waals surface area contributed by atoms with Gasteiger partial charge < -0.3 is 5.11 Å². The fourth-order valence-corrected chi connectivity index (χ4v) is 4.51. The van der Waals surface area contributed by atoms with E-state index >= 15 is 0 Å².